The molecule has 1 aliphatic heterocycles. The number of nitrogens with zero attached hydrogens (tertiary/aromatic N) is 5. The standard InChI is InChI=1S/C16H21N7O/c1-11-9-13(22-15(17-2)20-11)14(24)21-12-5-3-8-23(10-12)16-18-6-4-7-19-16/h4,6-7,9,12H,3,5,8,10H2,1-2H3,(H,21,24)(H,17,20,22)/t12-/m1/s1. The monoisotopic (exact) mass is 327 g/mol. The maximum atomic E-state index is 12.5. The molecule has 8 nitrogen and oxygen atoms in total. The summed E-state index contributed by atoms with van der Waals surface area (Å²) in [7, 11) is 1.73. The molecule has 0 spiro atoms. The van der Waals surface area contributed by atoms with E-state index in [0.29, 0.717) is 24.1 Å². The lowest BCUT2D eigenvalue weighted by molar-refractivity contribution is 0.0928. The summed E-state index contributed by atoms with van der Waals surface area (Å²) in [4.78, 5) is 31.6. The van der Waals surface area contributed by atoms with E-state index >= 15 is 0 Å². The van der Waals surface area contributed by atoms with E-state index in [9.17, 15) is 4.79 Å². The van der Waals surface area contributed by atoms with Gasteiger partial charge >= 0.3 is 0 Å². The summed E-state index contributed by atoms with van der Waals surface area (Å²) < 4.78 is 0. The maximum absolute atomic E-state index is 12.5. The van der Waals surface area contributed by atoms with Crippen molar-refractivity contribution in [2.24, 2.45) is 0 Å². The molecule has 0 aromatic carbocycles. The summed E-state index contributed by atoms with van der Waals surface area (Å²) in [5.74, 6) is 0.965. The van der Waals surface area contributed by atoms with E-state index in [-0.39, 0.29) is 11.9 Å². The molecule has 2 aromatic rings. The summed E-state index contributed by atoms with van der Waals surface area (Å²) in [6.07, 6.45) is 5.37. The minimum absolute atomic E-state index is 0.0448. The SMILES string of the molecule is CNc1nc(C)cc(C(=O)N[C@@H]2CCCN(c3ncccn3)C2)n1. The highest BCUT2D eigenvalue weighted by atomic mass is 16.2. The van der Waals surface area contributed by atoms with Crippen molar-refractivity contribution in [2.75, 3.05) is 30.4 Å². The van der Waals surface area contributed by atoms with Crippen LogP contribution >= 0.6 is 0 Å². The zero-order valence-electron chi connectivity index (χ0n) is 13.9. The van der Waals surface area contributed by atoms with Gasteiger partial charge in [-0.2, -0.15) is 0 Å². The van der Waals surface area contributed by atoms with Crippen LogP contribution < -0.4 is 15.5 Å². The van der Waals surface area contributed by atoms with E-state index in [1.54, 1.807) is 31.6 Å². The fourth-order valence-corrected chi connectivity index (χ4v) is 2.79. The van der Waals surface area contributed by atoms with E-state index in [1.807, 2.05) is 6.92 Å². The Kier molecular flexibility index (Phi) is 4.83. The average Bonchev–Trinajstić information content (AvgIpc) is 2.62. The van der Waals surface area contributed by atoms with Crippen molar-refractivity contribution in [1.29, 1.82) is 0 Å². The fourth-order valence-electron chi connectivity index (χ4n) is 2.79. The Morgan fingerprint density at radius 1 is 1.29 bits per heavy atom. The van der Waals surface area contributed by atoms with Gasteiger partial charge in [-0.25, -0.2) is 19.9 Å². The van der Waals surface area contributed by atoms with Crippen LogP contribution in [-0.4, -0.2) is 52.0 Å². The largest absolute Gasteiger partial charge is 0.357 e. The molecule has 0 aliphatic carbocycles. The zero-order valence-corrected chi connectivity index (χ0v) is 13.9. The first-order valence-electron chi connectivity index (χ1n) is 8.02. The number of carbonyl (C=O) groups is 1. The number of nitrogens with one attached hydrogen (secondary N) is 2. The van der Waals surface area contributed by atoms with E-state index in [4.69, 9.17) is 0 Å². The molecule has 1 aliphatic rings. The maximum Gasteiger partial charge on any atom is 0.270 e. The molecule has 2 aromatic heterocycles. The lowest BCUT2D eigenvalue weighted by Crippen LogP contribution is -2.48. The zero-order chi connectivity index (χ0) is 16.9. The van der Waals surface area contributed by atoms with Gasteiger partial charge in [0, 0.05) is 44.3 Å². The highest BCUT2D eigenvalue weighted by Gasteiger charge is 2.24. The Balaban J connectivity index is 1.67. The number of rotatable bonds is 4. The highest BCUT2D eigenvalue weighted by Crippen LogP contribution is 2.15. The van der Waals surface area contributed by atoms with Gasteiger partial charge < -0.3 is 15.5 Å². The Morgan fingerprint density at radius 3 is 2.83 bits per heavy atom. The molecule has 1 atom stereocenters. The molecule has 1 saturated heterocycles. The lowest BCUT2D eigenvalue weighted by Gasteiger charge is -2.33. The summed E-state index contributed by atoms with van der Waals surface area (Å²) >= 11 is 0. The predicted molar refractivity (Wildman–Crippen MR) is 91.0 cm³/mol. The average molecular weight is 327 g/mol. The number of hydrogen-bond donors (Lipinski definition) is 2. The molecule has 1 amide bonds. The van der Waals surface area contributed by atoms with Crippen LogP contribution in [0, 0.1) is 6.92 Å². The van der Waals surface area contributed by atoms with Gasteiger partial charge in [0.25, 0.3) is 5.91 Å². The van der Waals surface area contributed by atoms with Gasteiger partial charge in [-0.05, 0) is 31.9 Å². The van der Waals surface area contributed by atoms with Gasteiger partial charge in [0.2, 0.25) is 11.9 Å². The van der Waals surface area contributed by atoms with Crippen LogP contribution in [0.2, 0.25) is 0 Å². The van der Waals surface area contributed by atoms with Crippen LogP contribution in [0.25, 0.3) is 0 Å². The molecule has 3 rings (SSSR count). The van der Waals surface area contributed by atoms with Crippen molar-refractivity contribution in [3.8, 4) is 0 Å². The van der Waals surface area contributed by atoms with E-state index < -0.39 is 0 Å². The smallest absolute Gasteiger partial charge is 0.270 e. The van der Waals surface area contributed by atoms with Gasteiger partial charge in [-0.1, -0.05) is 0 Å². The summed E-state index contributed by atoms with van der Waals surface area (Å²) in [5, 5.41) is 5.93. The molecule has 0 unspecified atom stereocenters. The highest BCUT2D eigenvalue weighted by molar-refractivity contribution is 5.92. The molecule has 1 fully saturated rings. The molecule has 24 heavy (non-hydrogen) atoms. The number of carbonyl (C=O) groups excluding carboxylic acids is 1. The Morgan fingerprint density at radius 2 is 2.08 bits per heavy atom. The molecule has 8 heteroatoms. The quantitative estimate of drug-likeness (QED) is 0.865. The summed E-state index contributed by atoms with van der Waals surface area (Å²) in [6, 6.07) is 3.53. The second-order valence-electron chi connectivity index (χ2n) is 5.78. The van der Waals surface area contributed by atoms with Gasteiger partial charge in [-0.15, -0.1) is 0 Å². The Bertz CT molecular complexity index is 707. The van der Waals surface area contributed by atoms with Gasteiger partial charge in [-0.3, -0.25) is 4.79 Å². The van der Waals surface area contributed by atoms with Crippen molar-refractivity contribution in [1.82, 2.24) is 25.3 Å². The number of anilines is 2. The van der Waals surface area contributed by atoms with Gasteiger partial charge in [0.15, 0.2) is 0 Å². The topological polar surface area (TPSA) is 95.9 Å². The predicted octanol–water partition coefficient (Wildman–Crippen LogP) is 1.02. The number of piperidine rings is 1. The van der Waals surface area contributed by atoms with E-state index in [1.165, 1.54) is 0 Å². The molecule has 2 N–H and O–H groups in total. The van der Waals surface area contributed by atoms with Crippen LogP contribution in [0.15, 0.2) is 24.5 Å². The van der Waals surface area contributed by atoms with Crippen molar-refractivity contribution in [3.63, 3.8) is 0 Å². The minimum atomic E-state index is -0.183. The molecule has 0 saturated carbocycles. The number of aromatic nitrogens is 4. The minimum Gasteiger partial charge on any atom is -0.357 e. The second-order valence-corrected chi connectivity index (χ2v) is 5.78. The molecular formula is C16H21N7O. The third kappa shape index (κ3) is 3.76. The normalized spacial score (nSPS) is 17.4. The van der Waals surface area contributed by atoms with Gasteiger partial charge in [0.05, 0.1) is 0 Å². The first-order valence-corrected chi connectivity index (χ1v) is 8.02. The number of aryl methyl sites for hydroxylation is 1. The van der Waals surface area contributed by atoms with E-state index in [0.717, 1.165) is 25.1 Å². The second kappa shape index (κ2) is 7.20. The third-order valence-corrected chi connectivity index (χ3v) is 3.90. The molecule has 0 bridgehead atoms. The van der Waals surface area contributed by atoms with Crippen molar-refractivity contribution in [3.05, 3.63) is 35.9 Å². The first-order chi connectivity index (χ1) is 11.7. The van der Waals surface area contributed by atoms with Crippen LogP contribution in [0.3, 0.4) is 0 Å². The van der Waals surface area contributed by atoms with Crippen LogP contribution in [0.4, 0.5) is 11.9 Å². The molecule has 126 valence electrons. The van der Waals surface area contributed by atoms with Gasteiger partial charge in [0.1, 0.15) is 5.69 Å². The Labute approximate surface area is 140 Å². The molecular weight excluding hydrogens is 306 g/mol. The number of amides is 1. The van der Waals surface area contributed by atoms with Crippen molar-refractivity contribution >= 4 is 17.8 Å². The molecule has 0 radical (unpaired) electrons. The fraction of sp³-hybridized carbons (Fsp3) is 0.438. The van der Waals surface area contributed by atoms with E-state index in [2.05, 4.69) is 35.5 Å². The summed E-state index contributed by atoms with van der Waals surface area (Å²) in [6.45, 7) is 3.43. The van der Waals surface area contributed by atoms with Crippen molar-refractivity contribution in [2.45, 2.75) is 25.8 Å². The third-order valence-electron chi connectivity index (χ3n) is 3.90. The Hall–Kier alpha value is -2.77. The summed E-state index contributed by atoms with van der Waals surface area (Å²) in [5.41, 5.74) is 1.13. The first kappa shape index (κ1) is 16.1. The van der Waals surface area contributed by atoms with Crippen LogP contribution in [-0.2, 0) is 0 Å². The van der Waals surface area contributed by atoms with Crippen LogP contribution in [0.1, 0.15) is 29.0 Å². The lowest BCUT2D eigenvalue weighted by atomic mass is 10.1. The number of hydrogen-bond acceptors (Lipinski definition) is 7. The van der Waals surface area contributed by atoms with Crippen LogP contribution in [0.5, 0.6) is 0 Å². The van der Waals surface area contributed by atoms with Crippen molar-refractivity contribution < 1.29 is 4.79 Å². The molecule has 3 heterocycles.